The first-order valence-electron chi connectivity index (χ1n) is 7.73. The highest BCUT2D eigenvalue weighted by Crippen LogP contribution is 2.34. The lowest BCUT2D eigenvalue weighted by atomic mass is 9.83. The Bertz CT molecular complexity index is 392. The number of aliphatic hydroxyl groups excluding tert-OH is 1. The normalized spacial score (nSPS) is 22.7. The van der Waals surface area contributed by atoms with Crippen molar-refractivity contribution in [2.45, 2.75) is 51.0 Å². The molecule has 0 bridgehead atoms. The van der Waals surface area contributed by atoms with Crippen LogP contribution < -0.4 is 4.90 Å². The van der Waals surface area contributed by atoms with E-state index in [9.17, 15) is 5.11 Å². The summed E-state index contributed by atoms with van der Waals surface area (Å²) in [7, 11) is 0. The molecule has 1 aliphatic carbocycles. The van der Waals surface area contributed by atoms with Crippen LogP contribution in [0.2, 0.25) is 0 Å². The maximum atomic E-state index is 10.4. The van der Waals surface area contributed by atoms with E-state index >= 15 is 0 Å². The molecule has 19 heavy (non-hydrogen) atoms. The second-order valence-corrected chi connectivity index (χ2v) is 5.99. The molecule has 0 spiro atoms. The van der Waals surface area contributed by atoms with Gasteiger partial charge in [0, 0.05) is 19.3 Å². The molecule has 1 N–H and O–H groups in total. The van der Waals surface area contributed by atoms with Gasteiger partial charge >= 0.3 is 0 Å². The first kappa shape index (κ1) is 12.9. The summed E-state index contributed by atoms with van der Waals surface area (Å²) in [6.07, 6.45) is 10.3. The fourth-order valence-corrected chi connectivity index (χ4v) is 3.43. The molecule has 3 heteroatoms. The summed E-state index contributed by atoms with van der Waals surface area (Å²) in [5.74, 6) is 1.50. The van der Waals surface area contributed by atoms with Crippen molar-refractivity contribution in [2.75, 3.05) is 18.0 Å². The Balaban J connectivity index is 1.67. The summed E-state index contributed by atoms with van der Waals surface area (Å²) in [5, 5.41) is 10.4. The van der Waals surface area contributed by atoms with Gasteiger partial charge in [-0.1, -0.05) is 25.3 Å². The van der Waals surface area contributed by atoms with E-state index in [-0.39, 0.29) is 6.10 Å². The van der Waals surface area contributed by atoms with Crippen molar-refractivity contribution < 1.29 is 5.11 Å². The smallest absolute Gasteiger partial charge is 0.128 e. The zero-order chi connectivity index (χ0) is 13.1. The Hall–Kier alpha value is -1.09. The zero-order valence-electron chi connectivity index (χ0n) is 11.6. The molecule has 2 aliphatic rings. The first-order valence-corrected chi connectivity index (χ1v) is 7.73. The fourth-order valence-electron chi connectivity index (χ4n) is 3.43. The van der Waals surface area contributed by atoms with Crippen LogP contribution in [-0.2, 0) is 0 Å². The second kappa shape index (κ2) is 5.91. The molecule has 1 saturated heterocycles. The molecule has 1 unspecified atom stereocenters. The maximum Gasteiger partial charge on any atom is 0.128 e. The predicted molar refractivity (Wildman–Crippen MR) is 77.2 cm³/mol. The SMILES string of the molecule is OC(c1ccc(N2CCCC2)nc1)C1CCCCC1. The predicted octanol–water partition coefficient (Wildman–Crippen LogP) is 3.30. The Morgan fingerprint density at radius 3 is 2.42 bits per heavy atom. The average molecular weight is 260 g/mol. The number of nitrogens with zero attached hydrogens (tertiary/aromatic N) is 2. The molecule has 0 radical (unpaired) electrons. The van der Waals surface area contributed by atoms with Gasteiger partial charge in [-0.25, -0.2) is 4.98 Å². The standard InChI is InChI=1S/C16H24N2O/c19-16(13-6-2-1-3-7-13)14-8-9-15(17-12-14)18-10-4-5-11-18/h8-9,12-13,16,19H,1-7,10-11H2. The van der Waals surface area contributed by atoms with E-state index in [0.717, 1.165) is 37.3 Å². The summed E-state index contributed by atoms with van der Waals surface area (Å²) in [5.41, 5.74) is 0.995. The summed E-state index contributed by atoms with van der Waals surface area (Å²) in [6.45, 7) is 2.25. The Kier molecular flexibility index (Phi) is 4.02. The van der Waals surface area contributed by atoms with Crippen LogP contribution in [0, 0.1) is 5.92 Å². The Morgan fingerprint density at radius 2 is 1.79 bits per heavy atom. The molecule has 1 aromatic rings. The summed E-state index contributed by atoms with van der Waals surface area (Å²) < 4.78 is 0. The monoisotopic (exact) mass is 260 g/mol. The highest BCUT2D eigenvalue weighted by molar-refractivity contribution is 5.40. The summed E-state index contributed by atoms with van der Waals surface area (Å²) >= 11 is 0. The third-order valence-corrected chi connectivity index (χ3v) is 4.64. The number of anilines is 1. The molecule has 0 aromatic carbocycles. The topological polar surface area (TPSA) is 36.4 Å². The van der Waals surface area contributed by atoms with Gasteiger partial charge in [-0.3, -0.25) is 0 Å². The van der Waals surface area contributed by atoms with Crippen LogP contribution in [0.15, 0.2) is 18.3 Å². The van der Waals surface area contributed by atoms with Crippen molar-refractivity contribution >= 4 is 5.82 Å². The number of hydrogen-bond acceptors (Lipinski definition) is 3. The lowest BCUT2D eigenvalue weighted by molar-refractivity contribution is 0.0846. The van der Waals surface area contributed by atoms with E-state index in [2.05, 4.69) is 22.0 Å². The minimum absolute atomic E-state index is 0.319. The molecule has 1 aliphatic heterocycles. The molecule has 104 valence electrons. The quantitative estimate of drug-likeness (QED) is 0.906. The van der Waals surface area contributed by atoms with Gasteiger partial charge in [0.1, 0.15) is 5.82 Å². The van der Waals surface area contributed by atoms with Gasteiger partial charge in [0.15, 0.2) is 0 Å². The van der Waals surface area contributed by atoms with Crippen molar-refractivity contribution in [3.05, 3.63) is 23.9 Å². The van der Waals surface area contributed by atoms with Gasteiger partial charge in [0.25, 0.3) is 0 Å². The summed E-state index contributed by atoms with van der Waals surface area (Å²) in [6, 6.07) is 4.15. The van der Waals surface area contributed by atoms with E-state index in [1.165, 1.54) is 32.1 Å². The number of hydrogen-bond donors (Lipinski definition) is 1. The van der Waals surface area contributed by atoms with E-state index in [0.29, 0.717) is 5.92 Å². The molecule has 3 rings (SSSR count). The average Bonchev–Trinajstić information content (AvgIpc) is 3.02. The fraction of sp³-hybridized carbons (Fsp3) is 0.688. The third kappa shape index (κ3) is 2.92. The van der Waals surface area contributed by atoms with Gasteiger partial charge in [-0.05, 0) is 43.2 Å². The van der Waals surface area contributed by atoms with Crippen LogP contribution in [-0.4, -0.2) is 23.2 Å². The number of pyridine rings is 1. The molecule has 0 amide bonds. The van der Waals surface area contributed by atoms with E-state index in [1.54, 1.807) is 0 Å². The molecule has 1 aromatic heterocycles. The van der Waals surface area contributed by atoms with Gasteiger partial charge in [-0.15, -0.1) is 0 Å². The Labute approximate surface area is 115 Å². The van der Waals surface area contributed by atoms with Gasteiger partial charge in [0.2, 0.25) is 0 Å². The minimum Gasteiger partial charge on any atom is -0.388 e. The third-order valence-electron chi connectivity index (χ3n) is 4.64. The van der Waals surface area contributed by atoms with E-state index in [1.807, 2.05) is 6.20 Å². The zero-order valence-corrected chi connectivity index (χ0v) is 11.6. The van der Waals surface area contributed by atoms with Crippen LogP contribution >= 0.6 is 0 Å². The molecule has 1 atom stereocenters. The number of aromatic nitrogens is 1. The van der Waals surface area contributed by atoms with Crippen LogP contribution in [0.1, 0.15) is 56.6 Å². The molecule has 3 nitrogen and oxygen atoms in total. The van der Waals surface area contributed by atoms with E-state index in [4.69, 9.17) is 0 Å². The van der Waals surface area contributed by atoms with Crippen molar-refractivity contribution in [1.82, 2.24) is 4.98 Å². The van der Waals surface area contributed by atoms with Crippen molar-refractivity contribution in [3.63, 3.8) is 0 Å². The molecular formula is C16H24N2O. The maximum absolute atomic E-state index is 10.4. The largest absolute Gasteiger partial charge is 0.388 e. The van der Waals surface area contributed by atoms with Crippen LogP contribution in [0.5, 0.6) is 0 Å². The molecule has 2 heterocycles. The first-order chi connectivity index (χ1) is 9.34. The number of rotatable bonds is 3. The van der Waals surface area contributed by atoms with Crippen molar-refractivity contribution in [3.8, 4) is 0 Å². The van der Waals surface area contributed by atoms with Crippen LogP contribution in [0.4, 0.5) is 5.82 Å². The summed E-state index contributed by atoms with van der Waals surface area (Å²) in [4.78, 5) is 6.87. The minimum atomic E-state index is -0.319. The van der Waals surface area contributed by atoms with Gasteiger partial charge < -0.3 is 10.0 Å². The lowest BCUT2D eigenvalue weighted by Crippen LogP contribution is -2.20. The highest BCUT2D eigenvalue weighted by Gasteiger charge is 2.23. The lowest BCUT2D eigenvalue weighted by Gasteiger charge is -2.27. The molecular weight excluding hydrogens is 236 g/mol. The van der Waals surface area contributed by atoms with Crippen LogP contribution in [0.3, 0.4) is 0 Å². The number of aliphatic hydroxyl groups is 1. The van der Waals surface area contributed by atoms with Crippen molar-refractivity contribution in [1.29, 1.82) is 0 Å². The molecule has 1 saturated carbocycles. The molecule has 2 fully saturated rings. The van der Waals surface area contributed by atoms with Crippen LogP contribution in [0.25, 0.3) is 0 Å². The van der Waals surface area contributed by atoms with E-state index < -0.39 is 0 Å². The second-order valence-electron chi connectivity index (χ2n) is 5.99. The highest BCUT2D eigenvalue weighted by atomic mass is 16.3. The Morgan fingerprint density at radius 1 is 1.05 bits per heavy atom. The van der Waals surface area contributed by atoms with Gasteiger partial charge in [-0.2, -0.15) is 0 Å². The van der Waals surface area contributed by atoms with Gasteiger partial charge in [0.05, 0.1) is 6.10 Å². The van der Waals surface area contributed by atoms with Crippen molar-refractivity contribution in [2.24, 2.45) is 5.92 Å².